The molecule has 1 aromatic heterocycles. The molecule has 0 radical (unpaired) electrons. The molecule has 19 heavy (non-hydrogen) atoms. The van der Waals surface area contributed by atoms with Crippen molar-refractivity contribution in [2.24, 2.45) is 0 Å². The number of rotatable bonds is 4. The summed E-state index contributed by atoms with van der Waals surface area (Å²) >= 11 is 0. The molecule has 0 amide bonds. The fourth-order valence-electron chi connectivity index (χ4n) is 1.12. The quantitative estimate of drug-likeness (QED) is 0.627. The lowest BCUT2D eigenvalue weighted by atomic mass is 10.2. The van der Waals surface area contributed by atoms with Crippen LogP contribution in [-0.4, -0.2) is 31.6 Å². The zero-order valence-electron chi connectivity index (χ0n) is 12.5. The first-order valence-electron chi connectivity index (χ1n) is 6.22. The molecule has 5 nitrogen and oxygen atoms in total. The van der Waals surface area contributed by atoms with E-state index < -0.39 is 14.3 Å². The van der Waals surface area contributed by atoms with Crippen LogP contribution in [0.4, 0.5) is 0 Å². The molecule has 0 atom stereocenters. The summed E-state index contributed by atoms with van der Waals surface area (Å²) in [7, 11) is -0.471. The van der Waals surface area contributed by atoms with E-state index in [0.29, 0.717) is 6.61 Å². The number of aromatic nitrogens is 2. The van der Waals surface area contributed by atoms with Crippen LogP contribution >= 0.6 is 0 Å². The molecule has 0 unspecified atom stereocenters. The molecule has 1 heterocycles. The van der Waals surface area contributed by atoms with E-state index in [-0.39, 0.29) is 10.7 Å². The van der Waals surface area contributed by atoms with Crippen molar-refractivity contribution in [3.05, 3.63) is 23.5 Å². The molecule has 6 heteroatoms. The minimum absolute atomic E-state index is 0.159. The maximum absolute atomic E-state index is 11.2. The molecule has 0 saturated heterocycles. The zero-order valence-corrected chi connectivity index (χ0v) is 13.5. The van der Waals surface area contributed by atoms with Crippen LogP contribution < -0.4 is 0 Å². The number of methoxy groups -OCH3 is 1. The highest BCUT2D eigenvalue weighted by Gasteiger charge is 2.37. The van der Waals surface area contributed by atoms with E-state index in [4.69, 9.17) is 4.43 Å². The van der Waals surface area contributed by atoms with Crippen LogP contribution in [-0.2, 0) is 15.8 Å². The standard InChI is InChI=1S/C13H22N2O3Si/c1-13(2,3)19(5,6)18-9-10-7-8-11(15-14-10)12(16)17-4/h7-8H,9H2,1-6H3. The van der Waals surface area contributed by atoms with Gasteiger partial charge in [-0.2, -0.15) is 5.10 Å². The molecule has 0 saturated carbocycles. The number of esters is 1. The first-order chi connectivity index (χ1) is 8.67. The third-order valence-electron chi connectivity index (χ3n) is 3.50. The molecule has 0 aliphatic carbocycles. The molecule has 0 N–H and O–H groups in total. The topological polar surface area (TPSA) is 61.3 Å². The van der Waals surface area contributed by atoms with E-state index in [1.54, 1.807) is 12.1 Å². The Labute approximate surface area is 115 Å². The van der Waals surface area contributed by atoms with Gasteiger partial charge >= 0.3 is 5.97 Å². The average Bonchev–Trinajstić information content (AvgIpc) is 2.35. The molecule has 106 valence electrons. The van der Waals surface area contributed by atoms with E-state index in [2.05, 4.69) is 48.8 Å². The molecule has 0 aliphatic heterocycles. The van der Waals surface area contributed by atoms with E-state index in [1.165, 1.54) is 7.11 Å². The lowest BCUT2D eigenvalue weighted by molar-refractivity contribution is 0.0592. The molecule has 0 aromatic carbocycles. The van der Waals surface area contributed by atoms with E-state index in [1.807, 2.05) is 0 Å². The lowest BCUT2D eigenvalue weighted by Gasteiger charge is -2.35. The maximum atomic E-state index is 11.2. The van der Waals surface area contributed by atoms with Gasteiger partial charge in [0.05, 0.1) is 19.4 Å². The van der Waals surface area contributed by atoms with Crippen molar-refractivity contribution in [3.8, 4) is 0 Å². The lowest BCUT2D eigenvalue weighted by Crippen LogP contribution is -2.40. The highest BCUT2D eigenvalue weighted by Crippen LogP contribution is 2.36. The zero-order chi connectivity index (χ0) is 14.7. The largest absolute Gasteiger partial charge is 0.464 e. The molecule has 0 fully saturated rings. The van der Waals surface area contributed by atoms with Gasteiger partial charge in [-0.3, -0.25) is 0 Å². The normalized spacial score (nSPS) is 12.3. The van der Waals surface area contributed by atoms with E-state index in [9.17, 15) is 4.79 Å². The summed E-state index contributed by atoms with van der Waals surface area (Å²) in [5.74, 6) is -0.482. The second-order valence-corrected chi connectivity index (χ2v) is 10.8. The maximum Gasteiger partial charge on any atom is 0.358 e. The summed E-state index contributed by atoms with van der Waals surface area (Å²) in [6.45, 7) is 11.3. The van der Waals surface area contributed by atoms with Crippen molar-refractivity contribution >= 4 is 14.3 Å². The minimum atomic E-state index is -1.79. The van der Waals surface area contributed by atoms with Crippen molar-refractivity contribution in [1.82, 2.24) is 10.2 Å². The van der Waals surface area contributed by atoms with Crippen LogP contribution in [0.25, 0.3) is 0 Å². The van der Waals surface area contributed by atoms with Gasteiger partial charge in [-0.25, -0.2) is 4.79 Å². The van der Waals surface area contributed by atoms with Gasteiger partial charge in [0.15, 0.2) is 14.0 Å². The summed E-state index contributed by atoms with van der Waals surface area (Å²) in [5, 5.41) is 7.96. The van der Waals surface area contributed by atoms with Crippen molar-refractivity contribution in [3.63, 3.8) is 0 Å². The van der Waals surface area contributed by atoms with E-state index >= 15 is 0 Å². The van der Waals surface area contributed by atoms with Crippen LogP contribution in [0, 0.1) is 0 Å². The molecular formula is C13H22N2O3Si. The van der Waals surface area contributed by atoms with Crippen LogP contribution in [0.5, 0.6) is 0 Å². The summed E-state index contributed by atoms with van der Waals surface area (Å²) in [4.78, 5) is 11.2. The number of hydrogen-bond donors (Lipinski definition) is 0. The SMILES string of the molecule is COC(=O)c1ccc(CO[Si](C)(C)C(C)(C)C)nn1. The van der Waals surface area contributed by atoms with Crippen molar-refractivity contribution in [2.45, 2.75) is 45.5 Å². The van der Waals surface area contributed by atoms with Gasteiger partial charge in [-0.15, -0.1) is 5.10 Å². The monoisotopic (exact) mass is 282 g/mol. The van der Waals surface area contributed by atoms with Crippen LogP contribution in [0.2, 0.25) is 18.1 Å². The summed E-state index contributed by atoms with van der Waals surface area (Å²) in [5.41, 5.74) is 0.927. The highest BCUT2D eigenvalue weighted by molar-refractivity contribution is 6.74. The summed E-state index contributed by atoms with van der Waals surface area (Å²) < 4.78 is 10.6. The molecule has 0 bridgehead atoms. The Morgan fingerprint density at radius 2 is 1.89 bits per heavy atom. The number of ether oxygens (including phenoxy) is 1. The van der Waals surface area contributed by atoms with Gasteiger partial charge in [-0.1, -0.05) is 20.8 Å². The molecule has 0 aliphatic rings. The molecule has 1 rings (SSSR count). The Hall–Kier alpha value is -1.27. The van der Waals surface area contributed by atoms with Crippen molar-refractivity contribution in [2.75, 3.05) is 7.11 Å². The highest BCUT2D eigenvalue weighted by atomic mass is 28.4. The number of carbonyl (C=O) groups excluding carboxylic acids is 1. The van der Waals surface area contributed by atoms with E-state index in [0.717, 1.165) is 5.69 Å². The fourth-order valence-corrected chi connectivity index (χ4v) is 2.06. The molecule has 0 spiro atoms. The minimum Gasteiger partial charge on any atom is -0.464 e. The predicted molar refractivity (Wildman–Crippen MR) is 75.4 cm³/mol. The Morgan fingerprint density at radius 3 is 2.32 bits per heavy atom. The smallest absolute Gasteiger partial charge is 0.358 e. The number of hydrogen-bond acceptors (Lipinski definition) is 5. The van der Waals surface area contributed by atoms with Gasteiger partial charge in [0, 0.05) is 0 Å². The number of nitrogens with zero attached hydrogens (tertiary/aromatic N) is 2. The Morgan fingerprint density at radius 1 is 1.26 bits per heavy atom. The third kappa shape index (κ3) is 4.11. The average molecular weight is 282 g/mol. The predicted octanol–water partition coefficient (Wildman–Crippen LogP) is 2.79. The number of carbonyl (C=O) groups is 1. The van der Waals surface area contributed by atoms with Crippen molar-refractivity contribution < 1.29 is 14.0 Å². The second kappa shape index (κ2) is 5.79. The summed E-state index contributed by atoms with van der Waals surface area (Å²) in [6.07, 6.45) is 0. The Kier molecular flexibility index (Phi) is 4.81. The molecule has 1 aromatic rings. The van der Waals surface area contributed by atoms with Gasteiger partial charge < -0.3 is 9.16 Å². The van der Waals surface area contributed by atoms with Gasteiger partial charge in [0.25, 0.3) is 0 Å². The first kappa shape index (κ1) is 15.8. The third-order valence-corrected chi connectivity index (χ3v) is 7.98. The first-order valence-corrected chi connectivity index (χ1v) is 9.13. The Bertz CT molecular complexity index is 438. The Balaban J connectivity index is 2.67. The molecular weight excluding hydrogens is 260 g/mol. The van der Waals surface area contributed by atoms with Gasteiger partial charge in [0.2, 0.25) is 0 Å². The van der Waals surface area contributed by atoms with Gasteiger partial charge in [0.1, 0.15) is 0 Å². The van der Waals surface area contributed by atoms with Crippen LogP contribution in [0.3, 0.4) is 0 Å². The van der Waals surface area contributed by atoms with Crippen LogP contribution in [0.1, 0.15) is 37.0 Å². The van der Waals surface area contributed by atoms with Crippen LogP contribution in [0.15, 0.2) is 12.1 Å². The van der Waals surface area contributed by atoms with Crippen molar-refractivity contribution in [1.29, 1.82) is 0 Å². The summed E-state index contributed by atoms with van der Waals surface area (Å²) in [6, 6.07) is 3.34. The second-order valence-electron chi connectivity index (χ2n) is 5.95. The fraction of sp³-hybridized carbons (Fsp3) is 0.615. The van der Waals surface area contributed by atoms with Gasteiger partial charge in [-0.05, 0) is 30.3 Å².